The number of hydrogen-bond acceptors (Lipinski definition) is 3. The molecular formula is C11H8N2O. The van der Waals surface area contributed by atoms with E-state index >= 15 is 0 Å². The third-order valence-corrected chi connectivity index (χ3v) is 1.94. The fourth-order valence-electron chi connectivity index (χ4n) is 1.22. The number of aryl methyl sites for hydroxylation is 1. The van der Waals surface area contributed by atoms with Gasteiger partial charge < -0.3 is 4.52 Å². The van der Waals surface area contributed by atoms with Crippen molar-refractivity contribution in [2.45, 2.75) is 6.92 Å². The van der Waals surface area contributed by atoms with Crippen molar-refractivity contribution in [3.8, 4) is 17.3 Å². The van der Waals surface area contributed by atoms with Crippen LogP contribution in [0, 0.1) is 18.3 Å². The fourth-order valence-corrected chi connectivity index (χ4v) is 1.22. The SMILES string of the molecule is Cc1cc(-c2ccc(C#N)cc2)no1. The summed E-state index contributed by atoms with van der Waals surface area (Å²) in [5, 5.41) is 12.5. The molecule has 2 aromatic rings. The van der Waals surface area contributed by atoms with E-state index in [0.717, 1.165) is 17.0 Å². The van der Waals surface area contributed by atoms with E-state index in [0.29, 0.717) is 5.56 Å². The molecular weight excluding hydrogens is 176 g/mol. The largest absolute Gasteiger partial charge is 0.361 e. The Labute approximate surface area is 81.6 Å². The van der Waals surface area contributed by atoms with Crippen LogP contribution in [-0.2, 0) is 0 Å². The quantitative estimate of drug-likeness (QED) is 0.684. The van der Waals surface area contributed by atoms with Crippen LogP contribution in [0.15, 0.2) is 34.9 Å². The lowest BCUT2D eigenvalue weighted by molar-refractivity contribution is 0.399. The van der Waals surface area contributed by atoms with Gasteiger partial charge in [-0.25, -0.2) is 0 Å². The average Bonchev–Trinajstić information content (AvgIpc) is 2.65. The van der Waals surface area contributed by atoms with E-state index in [1.165, 1.54) is 0 Å². The lowest BCUT2D eigenvalue weighted by Gasteiger charge is -1.93. The van der Waals surface area contributed by atoms with Crippen molar-refractivity contribution < 1.29 is 4.52 Å². The first-order valence-electron chi connectivity index (χ1n) is 4.23. The highest BCUT2D eigenvalue weighted by atomic mass is 16.5. The van der Waals surface area contributed by atoms with Crippen LogP contribution >= 0.6 is 0 Å². The van der Waals surface area contributed by atoms with Crippen molar-refractivity contribution in [3.05, 3.63) is 41.7 Å². The molecule has 0 saturated heterocycles. The number of nitrogens with zero attached hydrogens (tertiary/aromatic N) is 2. The first kappa shape index (κ1) is 8.52. The van der Waals surface area contributed by atoms with Crippen LogP contribution in [0.3, 0.4) is 0 Å². The molecule has 0 aliphatic carbocycles. The Hall–Kier alpha value is -2.08. The van der Waals surface area contributed by atoms with Crippen molar-refractivity contribution in [3.63, 3.8) is 0 Å². The predicted octanol–water partition coefficient (Wildman–Crippen LogP) is 2.52. The summed E-state index contributed by atoms with van der Waals surface area (Å²) in [6, 6.07) is 11.2. The molecule has 0 aliphatic rings. The Morgan fingerprint density at radius 3 is 2.50 bits per heavy atom. The maximum atomic E-state index is 8.62. The number of rotatable bonds is 1. The molecule has 3 heteroatoms. The molecule has 1 aromatic carbocycles. The number of benzene rings is 1. The zero-order valence-electron chi connectivity index (χ0n) is 7.69. The fraction of sp³-hybridized carbons (Fsp3) is 0.0909. The maximum absolute atomic E-state index is 8.62. The van der Waals surface area contributed by atoms with Gasteiger partial charge >= 0.3 is 0 Å². The third kappa shape index (κ3) is 1.50. The van der Waals surface area contributed by atoms with Crippen LogP contribution in [0.5, 0.6) is 0 Å². The Balaban J connectivity index is 2.39. The van der Waals surface area contributed by atoms with Crippen molar-refractivity contribution in [1.29, 1.82) is 5.26 Å². The van der Waals surface area contributed by atoms with Crippen LogP contribution in [0.1, 0.15) is 11.3 Å². The van der Waals surface area contributed by atoms with E-state index in [1.807, 2.05) is 25.1 Å². The van der Waals surface area contributed by atoms with Crippen LogP contribution < -0.4 is 0 Å². The molecule has 3 nitrogen and oxygen atoms in total. The van der Waals surface area contributed by atoms with Gasteiger partial charge in [0.25, 0.3) is 0 Å². The van der Waals surface area contributed by atoms with Crippen molar-refractivity contribution >= 4 is 0 Å². The topological polar surface area (TPSA) is 49.8 Å². The summed E-state index contributed by atoms with van der Waals surface area (Å²) in [6.45, 7) is 1.85. The molecule has 0 saturated carbocycles. The molecule has 0 spiro atoms. The smallest absolute Gasteiger partial charge is 0.134 e. The normalized spacial score (nSPS) is 9.71. The van der Waals surface area contributed by atoms with Crippen LogP contribution in [0.2, 0.25) is 0 Å². The number of hydrogen-bond donors (Lipinski definition) is 0. The lowest BCUT2D eigenvalue weighted by Crippen LogP contribution is -1.77. The highest BCUT2D eigenvalue weighted by molar-refractivity contribution is 5.59. The molecule has 0 amide bonds. The van der Waals surface area contributed by atoms with Crippen molar-refractivity contribution in [2.75, 3.05) is 0 Å². The second-order valence-corrected chi connectivity index (χ2v) is 3.01. The third-order valence-electron chi connectivity index (χ3n) is 1.94. The van der Waals surface area contributed by atoms with Gasteiger partial charge in [-0.3, -0.25) is 0 Å². The predicted molar refractivity (Wildman–Crippen MR) is 51.4 cm³/mol. The van der Waals surface area contributed by atoms with Gasteiger partial charge in [-0.15, -0.1) is 0 Å². The zero-order valence-corrected chi connectivity index (χ0v) is 7.69. The molecule has 14 heavy (non-hydrogen) atoms. The molecule has 0 N–H and O–H groups in total. The van der Waals surface area contributed by atoms with Gasteiger partial charge in [0.1, 0.15) is 11.5 Å². The maximum Gasteiger partial charge on any atom is 0.134 e. The summed E-state index contributed by atoms with van der Waals surface area (Å²) in [6.07, 6.45) is 0. The molecule has 0 bridgehead atoms. The summed E-state index contributed by atoms with van der Waals surface area (Å²) < 4.78 is 4.96. The van der Waals surface area contributed by atoms with Gasteiger partial charge in [-0.05, 0) is 19.1 Å². The van der Waals surface area contributed by atoms with Gasteiger partial charge in [0.2, 0.25) is 0 Å². The van der Waals surface area contributed by atoms with E-state index in [9.17, 15) is 0 Å². The van der Waals surface area contributed by atoms with E-state index in [-0.39, 0.29) is 0 Å². The van der Waals surface area contributed by atoms with Crippen LogP contribution in [0.4, 0.5) is 0 Å². The summed E-state index contributed by atoms with van der Waals surface area (Å²) >= 11 is 0. The first-order chi connectivity index (χ1) is 6.79. The van der Waals surface area contributed by atoms with E-state index in [1.54, 1.807) is 12.1 Å². The molecule has 0 aliphatic heterocycles. The van der Waals surface area contributed by atoms with Gasteiger partial charge in [0.15, 0.2) is 0 Å². The highest BCUT2D eigenvalue weighted by Crippen LogP contribution is 2.18. The van der Waals surface area contributed by atoms with E-state index in [2.05, 4.69) is 11.2 Å². The molecule has 0 unspecified atom stereocenters. The lowest BCUT2D eigenvalue weighted by atomic mass is 10.1. The number of nitriles is 1. The van der Waals surface area contributed by atoms with Gasteiger partial charge in [0.05, 0.1) is 11.6 Å². The van der Waals surface area contributed by atoms with Gasteiger partial charge in [-0.1, -0.05) is 17.3 Å². The Bertz CT molecular complexity index is 477. The summed E-state index contributed by atoms with van der Waals surface area (Å²) in [5.41, 5.74) is 2.40. The van der Waals surface area contributed by atoms with Crippen LogP contribution in [0.25, 0.3) is 11.3 Å². The molecule has 1 heterocycles. The molecule has 1 aromatic heterocycles. The Morgan fingerprint density at radius 1 is 1.29 bits per heavy atom. The average molecular weight is 184 g/mol. The Morgan fingerprint density at radius 2 is 2.00 bits per heavy atom. The summed E-state index contributed by atoms with van der Waals surface area (Å²) in [7, 11) is 0. The van der Waals surface area contributed by atoms with Crippen molar-refractivity contribution in [2.24, 2.45) is 0 Å². The highest BCUT2D eigenvalue weighted by Gasteiger charge is 2.02. The monoisotopic (exact) mass is 184 g/mol. The second-order valence-electron chi connectivity index (χ2n) is 3.01. The van der Waals surface area contributed by atoms with Gasteiger partial charge in [-0.2, -0.15) is 5.26 Å². The van der Waals surface area contributed by atoms with Gasteiger partial charge in [0, 0.05) is 11.6 Å². The minimum absolute atomic E-state index is 0.647. The molecule has 2 rings (SSSR count). The number of aromatic nitrogens is 1. The standard InChI is InChI=1S/C11H8N2O/c1-8-6-11(13-14-8)10-4-2-9(7-12)3-5-10/h2-6H,1H3. The molecule has 0 radical (unpaired) electrons. The van der Waals surface area contributed by atoms with Crippen LogP contribution in [-0.4, -0.2) is 5.16 Å². The van der Waals surface area contributed by atoms with E-state index < -0.39 is 0 Å². The summed E-state index contributed by atoms with van der Waals surface area (Å²) in [5.74, 6) is 0.782. The minimum atomic E-state index is 0.647. The zero-order chi connectivity index (χ0) is 9.97. The second kappa shape index (κ2) is 3.35. The van der Waals surface area contributed by atoms with E-state index in [4.69, 9.17) is 9.78 Å². The molecule has 68 valence electrons. The van der Waals surface area contributed by atoms with Crippen molar-refractivity contribution in [1.82, 2.24) is 5.16 Å². The summed E-state index contributed by atoms with van der Waals surface area (Å²) in [4.78, 5) is 0. The molecule has 0 atom stereocenters. The first-order valence-corrected chi connectivity index (χ1v) is 4.23. The molecule has 0 fully saturated rings. The minimum Gasteiger partial charge on any atom is -0.361 e. The Kier molecular flexibility index (Phi) is 2.04.